The van der Waals surface area contributed by atoms with Crippen molar-refractivity contribution in [2.45, 2.75) is 50.9 Å². The average Bonchev–Trinajstić information content (AvgIpc) is 3.33. The number of imidazole rings is 1. The number of alkyl halides is 3. The van der Waals surface area contributed by atoms with Crippen LogP contribution in [-0.2, 0) is 17.5 Å². The van der Waals surface area contributed by atoms with Crippen LogP contribution < -0.4 is 4.90 Å². The first-order valence-corrected chi connectivity index (χ1v) is 10.9. The second kappa shape index (κ2) is 7.97. The number of hydrogen-bond acceptors (Lipinski definition) is 6. The molecule has 2 atom stereocenters. The molecule has 2 aliphatic rings. The molecule has 176 valence electrons. The van der Waals surface area contributed by atoms with E-state index < -0.39 is 23.6 Å². The molecule has 3 heterocycles. The summed E-state index contributed by atoms with van der Waals surface area (Å²) in [5.74, 6) is 0.283. The molecule has 0 unspecified atom stereocenters. The Morgan fingerprint density at radius 1 is 1.32 bits per heavy atom. The van der Waals surface area contributed by atoms with Crippen LogP contribution in [0.2, 0.25) is 0 Å². The molecule has 2 fully saturated rings. The molecule has 11 heteroatoms. The Hall–Kier alpha value is -3.68. The van der Waals surface area contributed by atoms with Gasteiger partial charge < -0.3 is 9.30 Å². The van der Waals surface area contributed by atoms with Gasteiger partial charge in [0.2, 0.25) is 0 Å². The maximum Gasteiger partial charge on any atom is 0.434 e. The zero-order valence-electron chi connectivity index (χ0n) is 18.3. The van der Waals surface area contributed by atoms with Crippen molar-refractivity contribution in [2.75, 3.05) is 11.4 Å². The van der Waals surface area contributed by atoms with Gasteiger partial charge in [-0.15, -0.1) is 0 Å². The summed E-state index contributed by atoms with van der Waals surface area (Å²) in [6, 6.07) is 7.50. The van der Waals surface area contributed by atoms with Gasteiger partial charge in [0.15, 0.2) is 11.5 Å². The van der Waals surface area contributed by atoms with Gasteiger partial charge in [-0.05, 0) is 56.7 Å². The highest BCUT2D eigenvalue weighted by Crippen LogP contribution is 2.42. The first kappa shape index (κ1) is 22.1. The monoisotopic (exact) mass is 470 g/mol. The number of nitrogens with zero attached hydrogens (tertiary/aromatic N) is 6. The lowest BCUT2D eigenvalue weighted by atomic mass is 9.78. The average molecular weight is 470 g/mol. The fourth-order valence-electron chi connectivity index (χ4n) is 5.05. The van der Waals surface area contributed by atoms with Crippen LogP contribution >= 0.6 is 0 Å². The van der Waals surface area contributed by atoms with Gasteiger partial charge in [-0.25, -0.2) is 19.7 Å². The summed E-state index contributed by atoms with van der Waals surface area (Å²) in [5, 5.41) is 9.21. The molecular weight excluding hydrogens is 449 g/mol. The lowest BCUT2D eigenvalue weighted by Crippen LogP contribution is -2.40. The number of aromatic nitrogens is 4. The van der Waals surface area contributed by atoms with Crippen molar-refractivity contribution in [3.63, 3.8) is 0 Å². The Balaban J connectivity index is 1.35. The van der Waals surface area contributed by atoms with Crippen LogP contribution in [0.15, 0.2) is 30.7 Å². The number of amides is 1. The SMILES string of the molecule is Cc1nc(C(F)(F)F)cnc1N1C[C@@]2(CCC[C@H](Cn3cnc4ccc(C#N)cc43)C2)OC1=O. The quantitative estimate of drug-likeness (QED) is 0.555. The predicted molar refractivity (Wildman–Crippen MR) is 115 cm³/mol. The summed E-state index contributed by atoms with van der Waals surface area (Å²) in [6.07, 6.45) is 0.234. The van der Waals surface area contributed by atoms with Gasteiger partial charge in [-0.1, -0.05) is 0 Å². The van der Waals surface area contributed by atoms with Gasteiger partial charge in [-0.3, -0.25) is 4.90 Å². The Bertz CT molecular complexity index is 1310. The van der Waals surface area contributed by atoms with E-state index in [0.717, 1.165) is 23.9 Å². The van der Waals surface area contributed by atoms with Crippen molar-refractivity contribution < 1.29 is 22.7 Å². The van der Waals surface area contributed by atoms with Crippen molar-refractivity contribution in [1.82, 2.24) is 19.5 Å². The lowest BCUT2D eigenvalue weighted by Gasteiger charge is -2.36. The minimum Gasteiger partial charge on any atom is -0.441 e. The van der Waals surface area contributed by atoms with Gasteiger partial charge in [0.05, 0.1) is 47.4 Å². The zero-order valence-corrected chi connectivity index (χ0v) is 18.3. The van der Waals surface area contributed by atoms with Crippen molar-refractivity contribution in [3.05, 3.63) is 47.7 Å². The van der Waals surface area contributed by atoms with E-state index in [1.807, 2.05) is 16.7 Å². The van der Waals surface area contributed by atoms with E-state index in [0.29, 0.717) is 31.1 Å². The van der Waals surface area contributed by atoms with Crippen LogP contribution in [0, 0.1) is 24.2 Å². The Morgan fingerprint density at radius 2 is 2.15 bits per heavy atom. The molecule has 2 aromatic heterocycles. The third kappa shape index (κ3) is 3.93. The van der Waals surface area contributed by atoms with Crippen molar-refractivity contribution in [3.8, 4) is 6.07 Å². The smallest absolute Gasteiger partial charge is 0.434 e. The standard InChI is InChI=1S/C23H21F3N6O2/c1-14-20(28-10-19(30-14)23(24,25)26)32-12-22(34-21(32)33)6-2-3-16(8-22)11-31-13-29-17-5-4-15(9-27)7-18(17)31/h4-5,7,10,13,16H,2-3,6,8,11-12H2,1H3/t16-,22-/m0/s1. The molecule has 1 saturated heterocycles. The topological polar surface area (TPSA) is 96.9 Å². The Morgan fingerprint density at radius 3 is 2.88 bits per heavy atom. The van der Waals surface area contributed by atoms with Gasteiger partial charge in [0.1, 0.15) is 5.60 Å². The molecule has 0 bridgehead atoms. The number of halogens is 3. The molecule has 1 aliphatic carbocycles. The summed E-state index contributed by atoms with van der Waals surface area (Å²) < 4.78 is 46.7. The molecule has 1 spiro atoms. The van der Waals surface area contributed by atoms with E-state index >= 15 is 0 Å². The van der Waals surface area contributed by atoms with E-state index in [2.05, 4.69) is 21.0 Å². The molecule has 1 aromatic carbocycles. The van der Waals surface area contributed by atoms with Crippen LogP contribution in [-0.4, -0.2) is 37.8 Å². The fourth-order valence-corrected chi connectivity index (χ4v) is 5.05. The van der Waals surface area contributed by atoms with Crippen molar-refractivity contribution in [1.29, 1.82) is 5.26 Å². The molecule has 1 saturated carbocycles. The predicted octanol–water partition coefficient (Wildman–Crippen LogP) is 4.61. The van der Waals surface area contributed by atoms with Gasteiger partial charge in [-0.2, -0.15) is 18.4 Å². The fraction of sp³-hybridized carbons (Fsp3) is 0.435. The second-order valence-electron chi connectivity index (χ2n) is 8.97. The van der Waals surface area contributed by atoms with Crippen LogP contribution in [0.1, 0.15) is 42.6 Å². The number of carbonyl (C=O) groups is 1. The van der Waals surface area contributed by atoms with Gasteiger partial charge >= 0.3 is 12.3 Å². The molecule has 0 radical (unpaired) electrons. The number of hydrogen-bond donors (Lipinski definition) is 0. The highest BCUT2D eigenvalue weighted by Gasteiger charge is 2.49. The lowest BCUT2D eigenvalue weighted by molar-refractivity contribution is -0.141. The maximum absolute atomic E-state index is 12.9. The number of nitriles is 1. The number of ether oxygens (including phenoxy) is 1. The van der Waals surface area contributed by atoms with Crippen molar-refractivity contribution >= 4 is 22.9 Å². The van der Waals surface area contributed by atoms with E-state index in [-0.39, 0.29) is 24.0 Å². The minimum absolute atomic E-state index is 0.0226. The van der Waals surface area contributed by atoms with E-state index in [1.165, 1.54) is 11.8 Å². The molecule has 1 amide bonds. The van der Waals surface area contributed by atoms with E-state index in [1.54, 1.807) is 12.4 Å². The first-order chi connectivity index (χ1) is 16.2. The summed E-state index contributed by atoms with van der Waals surface area (Å²) in [5.41, 5.74) is 0.432. The number of carbonyl (C=O) groups excluding carboxylic acids is 1. The first-order valence-electron chi connectivity index (χ1n) is 10.9. The third-order valence-electron chi connectivity index (χ3n) is 6.55. The van der Waals surface area contributed by atoms with E-state index in [4.69, 9.17) is 4.74 Å². The zero-order chi connectivity index (χ0) is 24.1. The second-order valence-corrected chi connectivity index (χ2v) is 8.97. The minimum atomic E-state index is -4.61. The largest absolute Gasteiger partial charge is 0.441 e. The number of benzene rings is 1. The maximum atomic E-state index is 12.9. The molecular formula is C23H21F3N6O2. The van der Waals surface area contributed by atoms with Crippen LogP contribution in [0.4, 0.5) is 23.8 Å². The molecule has 1 aliphatic heterocycles. The summed E-state index contributed by atoms with van der Waals surface area (Å²) in [6.45, 7) is 2.27. The number of rotatable bonds is 3. The van der Waals surface area contributed by atoms with Crippen LogP contribution in [0.3, 0.4) is 0 Å². The molecule has 3 aromatic rings. The normalized spacial score (nSPS) is 22.9. The highest BCUT2D eigenvalue weighted by molar-refractivity contribution is 5.89. The summed E-state index contributed by atoms with van der Waals surface area (Å²) in [7, 11) is 0. The molecule has 34 heavy (non-hydrogen) atoms. The number of aryl methyl sites for hydroxylation is 1. The Labute approximate surface area is 193 Å². The van der Waals surface area contributed by atoms with Gasteiger partial charge in [0, 0.05) is 6.54 Å². The number of fused-ring (bicyclic) bond motifs is 1. The number of anilines is 1. The Kier molecular flexibility index (Phi) is 5.19. The van der Waals surface area contributed by atoms with E-state index in [9.17, 15) is 23.2 Å². The molecule has 0 N–H and O–H groups in total. The third-order valence-corrected chi connectivity index (χ3v) is 6.55. The summed E-state index contributed by atoms with van der Waals surface area (Å²) in [4.78, 5) is 25.9. The van der Waals surface area contributed by atoms with Crippen LogP contribution in [0.5, 0.6) is 0 Å². The highest BCUT2D eigenvalue weighted by atomic mass is 19.4. The molecule has 5 rings (SSSR count). The van der Waals surface area contributed by atoms with Gasteiger partial charge in [0.25, 0.3) is 0 Å². The van der Waals surface area contributed by atoms with Crippen LogP contribution in [0.25, 0.3) is 11.0 Å². The van der Waals surface area contributed by atoms with Crippen molar-refractivity contribution in [2.24, 2.45) is 5.92 Å². The summed E-state index contributed by atoms with van der Waals surface area (Å²) >= 11 is 0. The molecule has 8 nitrogen and oxygen atoms in total.